The van der Waals surface area contributed by atoms with Crippen LogP contribution in [0.3, 0.4) is 0 Å². The van der Waals surface area contributed by atoms with Crippen LogP contribution in [0.15, 0.2) is 60.8 Å². The van der Waals surface area contributed by atoms with Crippen LogP contribution >= 0.6 is 0 Å². The van der Waals surface area contributed by atoms with Gasteiger partial charge in [-0.15, -0.1) is 0 Å². The van der Waals surface area contributed by atoms with Gasteiger partial charge in [0.1, 0.15) is 5.52 Å². The highest BCUT2D eigenvalue weighted by atomic mass is 16.5. The van der Waals surface area contributed by atoms with Gasteiger partial charge in [0.25, 0.3) is 0 Å². The molecule has 0 bridgehead atoms. The van der Waals surface area contributed by atoms with Crippen molar-refractivity contribution in [3.63, 3.8) is 0 Å². The first-order chi connectivity index (χ1) is 17.5. The fraction of sp³-hybridized carbons (Fsp3) is 0.387. The quantitative estimate of drug-likeness (QED) is 0.169. The molecule has 0 aliphatic rings. The molecule has 0 radical (unpaired) electrons. The van der Waals surface area contributed by atoms with Crippen molar-refractivity contribution in [2.75, 3.05) is 6.61 Å². The lowest BCUT2D eigenvalue weighted by Gasteiger charge is -2.11. The topological polar surface area (TPSA) is 57.0 Å². The minimum atomic E-state index is -0.0952. The van der Waals surface area contributed by atoms with Gasteiger partial charge in [-0.2, -0.15) is 0 Å². The lowest BCUT2D eigenvalue weighted by Crippen LogP contribution is -2.03. The number of rotatable bonds is 10. The van der Waals surface area contributed by atoms with Crippen molar-refractivity contribution in [2.45, 2.75) is 73.3 Å². The molecule has 4 aromatic rings. The Kier molecular flexibility index (Phi) is 10.2. The summed E-state index contributed by atoms with van der Waals surface area (Å²) in [7, 11) is 0. The van der Waals surface area contributed by atoms with E-state index in [1.165, 1.54) is 11.1 Å². The molecule has 0 fully saturated rings. The number of benzene rings is 2. The Morgan fingerprint density at radius 2 is 1.33 bits per heavy atom. The molecule has 0 aliphatic carbocycles. The normalized spacial score (nSPS) is 10.7. The summed E-state index contributed by atoms with van der Waals surface area (Å²) in [5.74, 6) is -0.0952. The Bertz CT molecular complexity index is 1240. The highest BCUT2D eigenvalue weighted by Gasteiger charge is 2.15. The molecule has 2 aromatic heterocycles. The molecule has 0 N–H and O–H groups in total. The van der Waals surface area contributed by atoms with Gasteiger partial charge in [-0.05, 0) is 39.7 Å². The third-order valence-electron chi connectivity index (χ3n) is 6.07. The molecule has 2 aromatic carbocycles. The van der Waals surface area contributed by atoms with Crippen LogP contribution in [0.4, 0.5) is 0 Å². The Morgan fingerprint density at radius 1 is 0.778 bits per heavy atom. The highest BCUT2D eigenvalue weighted by Crippen LogP contribution is 2.31. The van der Waals surface area contributed by atoms with Gasteiger partial charge in [-0.1, -0.05) is 86.3 Å². The van der Waals surface area contributed by atoms with Crippen molar-refractivity contribution < 1.29 is 9.53 Å². The molecule has 4 rings (SSSR count). The Balaban J connectivity index is 0.00000176. The van der Waals surface area contributed by atoms with Gasteiger partial charge >= 0.3 is 5.97 Å². The van der Waals surface area contributed by atoms with Crippen LogP contribution in [0, 0.1) is 13.8 Å². The fourth-order valence-electron chi connectivity index (χ4n) is 4.14. The number of unbranched alkanes of at least 4 members (excludes halogenated alkanes) is 3. The predicted octanol–water partition coefficient (Wildman–Crippen LogP) is 7.92. The van der Waals surface area contributed by atoms with E-state index in [2.05, 4.69) is 79.2 Å². The summed E-state index contributed by atoms with van der Waals surface area (Å²) in [5.41, 5.74) is 8.24. The number of fused-ring (bicyclic) bond motifs is 1. The second kappa shape index (κ2) is 13.6. The summed E-state index contributed by atoms with van der Waals surface area (Å²) >= 11 is 0. The summed E-state index contributed by atoms with van der Waals surface area (Å²) in [6, 6.07) is 19.0. The van der Waals surface area contributed by atoms with E-state index >= 15 is 0 Å². The number of aromatic nitrogens is 3. The largest absolute Gasteiger partial charge is 0.466 e. The third kappa shape index (κ3) is 7.03. The van der Waals surface area contributed by atoms with Gasteiger partial charge in [-0.25, -0.2) is 9.97 Å². The molecule has 5 heteroatoms. The van der Waals surface area contributed by atoms with E-state index in [9.17, 15) is 4.79 Å². The van der Waals surface area contributed by atoms with Crippen molar-refractivity contribution >= 4 is 17.1 Å². The molecule has 0 saturated carbocycles. The molecule has 0 saturated heterocycles. The zero-order valence-electron chi connectivity index (χ0n) is 22.4. The predicted molar refractivity (Wildman–Crippen MR) is 149 cm³/mol. The number of nitrogens with zero attached hydrogens (tertiary/aromatic N) is 3. The smallest absolute Gasteiger partial charge is 0.305 e. The first-order valence-electron chi connectivity index (χ1n) is 13.2. The molecule has 0 unspecified atom stereocenters. The number of ether oxygens (including phenoxy) is 1. The SMILES string of the molecule is CC.CCOC(=O)CCCCCCn1ccc2nc(-c3ccc(C)cc3)c(-c3ccc(C)cc3)nc21. The van der Waals surface area contributed by atoms with E-state index in [0.717, 1.165) is 65.9 Å². The molecule has 2 heterocycles. The van der Waals surface area contributed by atoms with Crippen molar-refractivity contribution in [2.24, 2.45) is 0 Å². The van der Waals surface area contributed by atoms with E-state index < -0.39 is 0 Å². The summed E-state index contributed by atoms with van der Waals surface area (Å²) in [4.78, 5) is 21.7. The second-order valence-electron chi connectivity index (χ2n) is 8.84. The van der Waals surface area contributed by atoms with Gasteiger partial charge in [0.2, 0.25) is 0 Å². The number of carbonyl (C=O) groups excluding carboxylic acids is 1. The van der Waals surface area contributed by atoms with Crippen LogP contribution in [0.2, 0.25) is 0 Å². The molecule has 0 amide bonds. The molecule has 0 atom stereocenters. The molecule has 5 nitrogen and oxygen atoms in total. The maximum absolute atomic E-state index is 11.5. The van der Waals surface area contributed by atoms with Crippen molar-refractivity contribution in [3.05, 3.63) is 71.9 Å². The van der Waals surface area contributed by atoms with E-state index in [-0.39, 0.29) is 5.97 Å². The van der Waals surface area contributed by atoms with Gasteiger partial charge < -0.3 is 9.30 Å². The van der Waals surface area contributed by atoms with Crippen LogP contribution < -0.4 is 0 Å². The molecule has 190 valence electrons. The van der Waals surface area contributed by atoms with Crippen LogP contribution in [0.1, 0.15) is 64.0 Å². The van der Waals surface area contributed by atoms with Gasteiger partial charge in [0.05, 0.1) is 18.0 Å². The minimum absolute atomic E-state index is 0.0952. The Labute approximate surface area is 215 Å². The van der Waals surface area contributed by atoms with Crippen LogP contribution in [-0.2, 0) is 16.1 Å². The first kappa shape index (κ1) is 27.1. The van der Waals surface area contributed by atoms with E-state index in [1.807, 2.05) is 20.8 Å². The zero-order chi connectivity index (χ0) is 25.9. The van der Waals surface area contributed by atoms with Gasteiger partial charge in [-0.3, -0.25) is 4.79 Å². The number of esters is 1. The van der Waals surface area contributed by atoms with Crippen LogP contribution in [0.25, 0.3) is 33.7 Å². The van der Waals surface area contributed by atoms with Crippen LogP contribution in [-0.4, -0.2) is 27.1 Å². The fourth-order valence-corrected chi connectivity index (χ4v) is 4.14. The third-order valence-corrected chi connectivity index (χ3v) is 6.07. The lowest BCUT2D eigenvalue weighted by molar-refractivity contribution is -0.143. The monoisotopic (exact) mass is 485 g/mol. The Hall–Kier alpha value is -3.47. The molecule has 0 spiro atoms. The van der Waals surface area contributed by atoms with Crippen LogP contribution in [0.5, 0.6) is 0 Å². The maximum Gasteiger partial charge on any atom is 0.305 e. The summed E-state index contributed by atoms with van der Waals surface area (Å²) in [5, 5.41) is 0. The highest BCUT2D eigenvalue weighted by molar-refractivity contribution is 5.85. The summed E-state index contributed by atoms with van der Waals surface area (Å²) in [6.07, 6.45) is 6.60. The van der Waals surface area contributed by atoms with Gasteiger partial charge in [0, 0.05) is 30.3 Å². The number of aryl methyl sites for hydroxylation is 3. The minimum Gasteiger partial charge on any atom is -0.466 e. The van der Waals surface area contributed by atoms with E-state index in [4.69, 9.17) is 14.7 Å². The van der Waals surface area contributed by atoms with E-state index in [0.29, 0.717) is 13.0 Å². The van der Waals surface area contributed by atoms with Crippen molar-refractivity contribution in [1.82, 2.24) is 14.5 Å². The maximum atomic E-state index is 11.5. The molecule has 0 aliphatic heterocycles. The van der Waals surface area contributed by atoms with Crippen molar-refractivity contribution in [1.29, 1.82) is 0 Å². The standard InChI is InChI=1S/C29H33N3O2.C2H6/c1-4-34-26(33)9-7-5-6-8-19-32-20-18-25-29(32)31-28(24-16-12-22(3)13-17-24)27(30-25)23-14-10-21(2)11-15-23;1-2/h10-18,20H,4-9,19H2,1-3H3;1-2H3. The number of hydrogen-bond donors (Lipinski definition) is 0. The molecule has 36 heavy (non-hydrogen) atoms. The van der Waals surface area contributed by atoms with Crippen molar-refractivity contribution in [3.8, 4) is 22.5 Å². The van der Waals surface area contributed by atoms with E-state index in [1.54, 1.807) is 0 Å². The average molecular weight is 486 g/mol. The summed E-state index contributed by atoms with van der Waals surface area (Å²) < 4.78 is 7.20. The zero-order valence-corrected chi connectivity index (χ0v) is 22.4. The summed E-state index contributed by atoms with van der Waals surface area (Å²) in [6.45, 7) is 11.4. The lowest BCUT2D eigenvalue weighted by atomic mass is 10.0. The second-order valence-corrected chi connectivity index (χ2v) is 8.84. The van der Waals surface area contributed by atoms with Gasteiger partial charge in [0.15, 0.2) is 5.65 Å². The number of carbonyl (C=O) groups is 1. The molecular weight excluding hydrogens is 446 g/mol. The molecular formula is C31H39N3O2. The number of hydrogen-bond acceptors (Lipinski definition) is 4. The average Bonchev–Trinajstić information content (AvgIpc) is 3.29. The Morgan fingerprint density at radius 3 is 1.92 bits per heavy atom. The first-order valence-corrected chi connectivity index (χ1v) is 13.2.